The van der Waals surface area contributed by atoms with Crippen molar-refractivity contribution in [2.45, 2.75) is 39.0 Å². The Hall–Kier alpha value is -2.14. The molecule has 1 unspecified atom stereocenters. The second-order valence-corrected chi connectivity index (χ2v) is 5.73. The van der Waals surface area contributed by atoms with Crippen molar-refractivity contribution < 1.29 is 9.53 Å². The minimum absolute atomic E-state index is 0.0544. The first kappa shape index (κ1) is 14.8. The van der Waals surface area contributed by atoms with Gasteiger partial charge in [0.2, 0.25) is 5.91 Å². The number of aryl methyl sites for hydroxylation is 2. The molecule has 1 atom stereocenters. The average Bonchev–Trinajstić information content (AvgIpc) is 2.87. The molecular weight excluding hydrogens is 278 g/mol. The molecular formula is C17H21N3O2. The molecule has 1 aliphatic heterocycles. The lowest BCUT2D eigenvalue weighted by Gasteiger charge is -2.24. The summed E-state index contributed by atoms with van der Waals surface area (Å²) in [6, 6.07) is 10.0. The molecule has 22 heavy (non-hydrogen) atoms. The minimum atomic E-state index is -0.0544. The van der Waals surface area contributed by atoms with Gasteiger partial charge in [-0.05, 0) is 18.9 Å². The number of ether oxygens (including phenoxy) is 1. The maximum Gasteiger partial charge on any atom is 0.246 e. The summed E-state index contributed by atoms with van der Waals surface area (Å²) in [7, 11) is 0. The van der Waals surface area contributed by atoms with Gasteiger partial charge in [-0.25, -0.2) is 4.98 Å². The molecule has 1 aromatic carbocycles. The lowest BCUT2D eigenvalue weighted by molar-refractivity contribution is -0.127. The van der Waals surface area contributed by atoms with E-state index in [-0.39, 0.29) is 18.6 Å². The third kappa shape index (κ3) is 3.74. The first-order chi connectivity index (χ1) is 10.7. The monoisotopic (exact) mass is 299 g/mol. The summed E-state index contributed by atoms with van der Waals surface area (Å²) in [6.45, 7) is 3.35. The number of nitrogens with zero attached hydrogens (tertiary/aromatic N) is 2. The van der Waals surface area contributed by atoms with Crippen molar-refractivity contribution in [1.82, 2.24) is 14.9 Å². The Labute approximate surface area is 130 Å². The van der Waals surface area contributed by atoms with E-state index in [4.69, 9.17) is 4.74 Å². The van der Waals surface area contributed by atoms with Crippen LogP contribution < -0.4 is 5.32 Å². The maximum atomic E-state index is 12.0. The van der Waals surface area contributed by atoms with Crippen LogP contribution in [-0.2, 0) is 29.1 Å². The van der Waals surface area contributed by atoms with Crippen LogP contribution in [0.4, 0.5) is 0 Å². The summed E-state index contributed by atoms with van der Waals surface area (Å²) in [6.07, 6.45) is 3.88. The molecule has 5 heteroatoms. The van der Waals surface area contributed by atoms with Crippen LogP contribution in [0.25, 0.3) is 0 Å². The van der Waals surface area contributed by atoms with E-state index >= 15 is 0 Å². The number of rotatable bonds is 5. The topological polar surface area (TPSA) is 56.2 Å². The average molecular weight is 299 g/mol. The van der Waals surface area contributed by atoms with Crippen molar-refractivity contribution in [2.24, 2.45) is 0 Å². The summed E-state index contributed by atoms with van der Waals surface area (Å²) in [5.41, 5.74) is 2.11. The number of benzene rings is 1. The Kier molecular flexibility index (Phi) is 4.53. The largest absolute Gasteiger partial charge is 0.367 e. The molecule has 0 saturated heterocycles. The molecule has 2 heterocycles. The van der Waals surface area contributed by atoms with E-state index in [2.05, 4.69) is 14.9 Å². The third-order valence-corrected chi connectivity index (χ3v) is 3.82. The summed E-state index contributed by atoms with van der Waals surface area (Å²) in [4.78, 5) is 16.4. The number of hydrogen-bond donors (Lipinski definition) is 1. The van der Waals surface area contributed by atoms with E-state index in [1.165, 1.54) is 0 Å². The van der Waals surface area contributed by atoms with Crippen LogP contribution in [0.1, 0.15) is 23.5 Å². The molecule has 0 spiro atoms. The fourth-order valence-electron chi connectivity index (χ4n) is 2.81. The van der Waals surface area contributed by atoms with Gasteiger partial charge in [0.15, 0.2) is 0 Å². The first-order valence-electron chi connectivity index (χ1n) is 7.64. The number of nitrogens with one attached hydrogen (secondary N) is 1. The van der Waals surface area contributed by atoms with Crippen molar-refractivity contribution in [3.8, 4) is 0 Å². The van der Waals surface area contributed by atoms with Crippen molar-refractivity contribution in [3.05, 3.63) is 53.6 Å². The molecule has 1 aliphatic rings. The van der Waals surface area contributed by atoms with E-state index in [0.717, 1.165) is 36.5 Å². The molecule has 3 rings (SSSR count). The number of imidazole rings is 1. The van der Waals surface area contributed by atoms with Gasteiger partial charge in [0.1, 0.15) is 12.4 Å². The van der Waals surface area contributed by atoms with Crippen LogP contribution in [-0.4, -0.2) is 28.1 Å². The number of aromatic nitrogens is 2. The SMILES string of the molecule is Cc1cn2c(n1)CCC(NC(=O)COCc1ccccc1)C2. The van der Waals surface area contributed by atoms with Crippen molar-refractivity contribution in [2.75, 3.05) is 6.61 Å². The van der Waals surface area contributed by atoms with Gasteiger partial charge in [0, 0.05) is 25.2 Å². The lowest BCUT2D eigenvalue weighted by atomic mass is 10.1. The van der Waals surface area contributed by atoms with Crippen LogP contribution in [0.5, 0.6) is 0 Å². The molecule has 0 aliphatic carbocycles. The highest BCUT2D eigenvalue weighted by molar-refractivity contribution is 5.77. The highest BCUT2D eigenvalue weighted by atomic mass is 16.5. The third-order valence-electron chi connectivity index (χ3n) is 3.82. The summed E-state index contributed by atoms with van der Waals surface area (Å²) >= 11 is 0. The normalized spacial score (nSPS) is 17.0. The summed E-state index contributed by atoms with van der Waals surface area (Å²) < 4.78 is 7.60. The number of carbonyl (C=O) groups is 1. The zero-order valence-corrected chi connectivity index (χ0v) is 12.8. The van der Waals surface area contributed by atoms with Crippen LogP contribution in [0.15, 0.2) is 36.5 Å². The molecule has 116 valence electrons. The van der Waals surface area contributed by atoms with Gasteiger partial charge in [-0.2, -0.15) is 0 Å². The molecule has 0 fully saturated rings. The molecule has 0 bridgehead atoms. The molecule has 1 N–H and O–H groups in total. The Balaban J connectivity index is 1.43. The van der Waals surface area contributed by atoms with Gasteiger partial charge in [-0.3, -0.25) is 4.79 Å². The van der Waals surface area contributed by atoms with E-state index in [0.29, 0.717) is 6.61 Å². The molecule has 0 radical (unpaired) electrons. The fraction of sp³-hybridized carbons (Fsp3) is 0.412. The molecule has 1 amide bonds. The molecule has 2 aromatic rings. The fourth-order valence-corrected chi connectivity index (χ4v) is 2.81. The van der Waals surface area contributed by atoms with E-state index in [1.54, 1.807) is 0 Å². The number of fused-ring (bicyclic) bond motifs is 1. The van der Waals surface area contributed by atoms with E-state index < -0.39 is 0 Å². The van der Waals surface area contributed by atoms with Gasteiger partial charge < -0.3 is 14.6 Å². The Morgan fingerprint density at radius 2 is 2.23 bits per heavy atom. The van der Waals surface area contributed by atoms with Gasteiger partial charge in [-0.1, -0.05) is 30.3 Å². The van der Waals surface area contributed by atoms with Crippen LogP contribution >= 0.6 is 0 Å². The maximum absolute atomic E-state index is 12.0. The molecule has 0 saturated carbocycles. The van der Waals surface area contributed by atoms with Gasteiger partial charge in [-0.15, -0.1) is 0 Å². The summed E-state index contributed by atoms with van der Waals surface area (Å²) in [5.74, 6) is 1.06. The molecule has 5 nitrogen and oxygen atoms in total. The Bertz CT molecular complexity index is 637. The number of carbonyl (C=O) groups excluding carboxylic acids is 1. The van der Waals surface area contributed by atoms with Gasteiger partial charge in [0.05, 0.1) is 12.3 Å². The van der Waals surface area contributed by atoms with Crippen molar-refractivity contribution in [1.29, 1.82) is 0 Å². The number of hydrogen-bond acceptors (Lipinski definition) is 3. The first-order valence-corrected chi connectivity index (χ1v) is 7.64. The Morgan fingerprint density at radius 1 is 1.41 bits per heavy atom. The van der Waals surface area contributed by atoms with E-state index in [9.17, 15) is 4.79 Å². The second kappa shape index (κ2) is 6.75. The second-order valence-electron chi connectivity index (χ2n) is 5.73. The highest BCUT2D eigenvalue weighted by Crippen LogP contribution is 2.14. The van der Waals surface area contributed by atoms with Crippen LogP contribution in [0.3, 0.4) is 0 Å². The van der Waals surface area contributed by atoms with Crippen LogP contribution in [0, 0.1) is 6.92 Å². The van der Waals surface area contributed by atoms with Crippen LogP contribution in [0.2, 0.25) is 0 Å². The quantitative estimate of drug-likeness (QED) is 0.916. The highest BCUT2D eigenvalue weighted by Gasteiger charge is 2.21. The Morgan fingerprint density at radius 3 is 3.05 bits per heavy atom. The van der Waals surface area contributed by atoms with E-state index in [1.807, 2.05) is 43.5 Å². The molecule has 1 aromatic heterocycles. The predicted octanol–water partition coefficient (Wildman–Crippen LogP) is 1.84. The van der Waals surface area contributed by atoms with Gasteiger partial charge >= 0.3 is 0 Å². The predicted molar refractivity (Wildman–Crippen MR) is 83.3 cm³/mol. The lowest BCUT2D eigenvalue weighted by Crippen LogP contribution is -2.42. The number of amides is 1. The van der Waals surface area contributed by atoms with Crippen molar-refractivity contribution in [3.63, 3.8) is 0 Å². The minimum Gasteiger partial charge on any atom is -0.367 e. The zero-order valence-electron chi connectivity index (χ0n) is 12.8. The van der Waals surface area contributed by atoms with Gasteiger partial charge in [0.25, 0.3) is 0 Å². The summed E-state index contributed by atoms with van der Waals surface area (Å²) in [5, 5.41) is 3.04. The standard InChI is InChI=1S/C17H21N3O2/c1-13-9-20-10-15(7-8-16(20)18-13)19-17(21)12-22-11-14-5-3-2-4-6-14/h2-6,9,15H,7-8,10-12H2,1H3,(H,19,21). The van der Waals surface area contributed by atoms with Crippen molar-refractivity contribution >= 4 is 5.91 Å². The smallest absolute Gasteiger partial charge is 0.246 e. The zero-order chi connectivity index (χ0) is 15.4.